The van der Waals surface area contributed by atoms with Crippen LogP contribution in [-0.4, -0.2) is 55.4 Å². The van der Waals surface area contributed by atoms with Crippen LogP contribution in [0.1, 0.15) is 42.6 Å². The van der Waals surface area contributed by atoms with Gasteiger partial charge < -0.3 is 19.5 Å². The number of benzene rings is 2. The SMILES string of the molecule is CC(C)Oc1ccc(CN2C[C@@H]3OCCCCNC(=O)c4ccccc4O[C@@H]3C2)cc1. The van der Waals surface area contributed by atoms with Gasteiger partial charge >= 0.3 is 0 Å². The second-order valence-electron chi connectivity index (χ2n) is 8.53. The zero-order valence-corrected chi connectivity index (χ0v) is 18.4. The van der Waals surface area contributed by atoms with Crippen molar-refractivity contribution in [2.24, 2.45) is 0 Å². The molecule has 2 aliphatic heterocycles. The van der Waals surface area contributed by atoms with E-state index in [1.54, 1.807) is 0 Å². The largest absolute Gasteiger partial charge is 0.491 e. The van der Waals surface area contributed by atoms with Crippen LogP contribution in [0.2, 0.25) is 0 Å². The molecule has 1 fully saturated rings. The molecule has 1 saturated heterocycles. The predicted molar refractivity (Wildman–Crippen MR) is 120 cm³/mol. The molecule has 0 aromatic heterocycles. The van der Waals surface area contributed by atoms with E-state index in [-0.39, 0.29) is 24.2 Å². The van der Waals surface area contributed by atoms with Crippen molar-refractivity contribution in [3.05, 3.63) is 59.7 Å². The van der Waals surface area contributed by atoms with Gasteiger partial charge in [-0.05, 0) is 56.5 Å². The minimum absolute atomic E-state index is 0.0147. The second-order valence-corrected chi connectivity index (χ2v) is 8.53. The van der Waals surface area contributed by atoms with Gasteiger partial charge in [-0.15, -0.1) is 0 Å². The minimum atomic E-state index is -0.114. The van der Waals surface area contributed by atoms with Crippen molar-refractivity contribution < 1.29 is 19.0 Å². The summed E-state index contributed by atoms with van der Waals surface area (Å²) in [5.41, 5.74) is 1.81. The second kappa shape index (κ2) is 10.2. The first kappa shape index (κ1) is 21.7. The third-order valence-electron chi connectivity index (χ3n) is 5.59. The van der Waals surface area contributed by atoms with Gasteiger partial charge in [-0.1, -0.05) is 24.3 Å². The molecule has 0 saturated carbocycles. The molecule has 0 aliphatic carbocycles. The quantitative estimate of drug-likeness (QED) is 0.812. The van der Waals surface area contributed by atoms with Crippen LogP contribution < -0.4 is 14.8 Å². The van der Waals surface area contributed by atoms with E-state index in [1.807, 2.05) is 50.2 Å². The maximum Gasteiger partial charge on any atom is 0.255 e. The van der Waals surface area contributed by atoms with Crippen LogP contribution in [0.15, 0.2) is 48.5 Å². The van der Waals surface area contributed by atoms with Gasteiger partial charge in [0.1, 0.15) is 23.7 Å². The molecular weight excluding hydrogens is 392 g/mol. The average Bonchev–Trinajstić information content (AvgIpc) is 3.12. The van der Waals surface area contributed by atoms with Crippen LogP contribution in [0.4, 0.5) is 0 Å². The molecule has 4 rings (SSSR count). The molecule has 0 spiro atoms. The van der Waals surface area contributed by atoms with Crippen LogP contribution >= 0.6 is 0 Å². The van der Waals surface area contributed by atoms with Crippen molar-refractivity contribution >= 4 is 5.91 Å². The number of nitrogens with zero attached hydrogens (tertiary/aromatic N) is 1. The fourth-order valence-corrected chi connectivity index (χ4v) is 4.10. The molecule has 1 N–H and O–H groups in total. The molecule has 1 amide bonds. The zero-order valence-electron chi connectivity index (χ0n) is 18.4. The lowest BCUT2D eigenvalue weighted by Crippen LogP contribution is -2.34. The van der Waals surface area contributed by atoms with Crippen LogP contribution in [0.5, 0.6) is 11.5 Å². The van der Waals surface area contributed by atoms with Crippen molar-refractivity contribution in [3.8, 4) is 11.5 Å². The van der Waals surface area contributed by atoms with Crippen LogP contribution in [0, 0.1) is 0 Å². The summed E-state index contributed by atoms with van der Waals surface area (Å²) in [6.45, 7) is 7.77. The standard InChI is InChI=1S/C25H32N2O4/c1-18(2)30-20-11-9-19(10-12-20)15-27-16-23-24(17-27)31-22-8-4-3-7-21(22)25(28)26-13-5-6-14-29-23/h3-4,7-12,18,23-24H,5-6,13-17H2,1-2H3,(H,26,28)/t23-,24+/m0/s1. The lowest BCUT2D eigenvalue weighted by atomic mass is 10.1. The third kappa shape index (κ3) is 5.77. The number of hydrogen-bond acceptors (Lipinski definition) is 5. The highest BCUT2D eigenvalue weighted by Gasteiger charge is 2.36. The summed E-state index contributed by atoms with van der Waals surface area (Å²) in [6, 6.07) is 15.7. The highest BCUT2D eigenvalue weighted by Crippen LogP contribution is 2.26. The summed E-state index contributed by atoms with van der Waals surface area (Å²) >= 11 is 0. The van der Waals surface area contributed by atoms with E-state index in [2.05, 4.69) is 22.3 Å². The van der Waals surface area contributed by atoms with Gasteiger partial charge in [0.15, 0.2) is 0 Å². The summed E-state index contributed by atoms with van der Waals surface area (Å²) in [6.07, 6.45) is 1.86. The summed E-state index contributed by atoms with van der Waals surface area (Å²) < 4.78 is 18.3. The van der Waals surface area contributed by atoms with Gasteiger partial charge in [0, 0.05) is 32.8 Å². The fraction of sp³-hybridized carbons (Fsp3) is 0.480. The molecule has 2 aromatic carbocycles. The Bertz CT molecular complexity index is 868. The van der Waals surface area contributed by atoms with E-state index in [0.717, 1.165) is 38.2 Å². The van der Waals surface area contributed by atoms with E-state index in [0.29, 0.717) is 24.5 Å². The van der Waals surface area contributed by atoms with E-state index in [1.165, 1.54) is 5.56 Å². The Kier molecular flexibility index (Phi) is 7.10. The van der Waals surface area contributed by atoms with Crippen molar-refractivity contribution in [2.75, 3.05) is 26.2 Å². The Morgan fingerprint density at radius 2 is 1.84 bits per heavy atom. The Hall–Kier alpha value is -2.57. The van der Waals surface area contributed by atoms with E-state index in [9.17, 15) is 4.79 Å². The molecule has 0 unspecified atom stereocenters. The third-order valence-corrected chi connectivity index (χ3v) is 5.59. The van der Waals surface area contributed by atoms with Gasteiger partial charge in [0.2, 0.25) is 0 Å². The van der Waals surface area contributed by atoms with E-state index < -0.39 is 0 Å². The Morgan fingerprint density at radius 3 is 2.65 bits per heavy atom. The number of hydrogen-bond donors (Lipinski definition) is 1. The molecular formula is C25H32N2O4. The maximum atomic E-state index is 12.6. The number of carbonyl (C=O) groups excluding carboxylic acids is 1. The first-order chi connectivity index (χ1) is 15.1. The molecule has 6 nitrogen and oxygen atoms in total. The number of fused-ring (bicyclic) bond motifs is 2. The van der Waals surface area contributed by atoms with E-state index >= 15 is 0 Å². The maximum absolute atomic E-state index is 12.6. The number of para-hydroxylation sites is 1. The van der Waals surface area contributed by atoms with Gasteiger partial charge in [-0.3, -0.25) is 9.69 Å². The smallest absolute Gasteiger partial charge is 0.255 e. The molecule has 0 radical (unpaired) electrons. The number of carbonyl (C=O) groups is 1. The Morgan fingerprint density at radius 1 is 1.06 bits per heavy atom. The number of nitrogens with one attached hydrogen (secondary N) is 1. The molecule has 2 aromatic rings. The van der Waals surface area contributed by atoms with Crippen molar-refractivity contribution in [1.29, 1.82) is 0 Å². The predicted octanol–water partition coefficient (Wildman–Crippen LogP) is 3.65. The van der Waals surface area contributed by atoms with Crippen molar-refractivity contribution in [3.63, 3.8) is 0 Å². The number of amides is 1. The molecule has 2 atom stereocenters. The molecule has 2 heterocycles. The van der Waals surface area contributed by atoms with Gasteiger partial charge in [-0.25, -0.2) is 0 Å². The topological polar surface area (TPSA) is 60.0 Å². The lowest BCUT2D eigenvalue weighted by Gasteiger charge is -2.23. The highest BCUT2D eigenvalue weighted by atomic mass is 16.5. The molecule has 2 aliphatic rings. The highest BCUT2D eigenvalue weighted by molar-refractivity contribution is 5.96. The number of ether oxygens (including phenoxy) is 3. The molecule has 166 valence electrons. The number of likely N-dealkylation sites (tertiary alicyclic amines) is 1. The van der Waals surface area contributed by atoms with Crippen molar-refractivity contribution in [2.45, 2.75) is 51.5 Å². The average molecular weight is 425 g/mol. The monoisotopic (exact) mass is 424 g/mol. The molecule has 31 heavy (non-hydrogen) atoms. The lowest BCUT2D eigenvalue weighted by molar-refractivity contribution is -0.000373. The summed E-state index contributed by atoms with van der Waals surface area (Å²) in [5, 5.41) is 2.98. The minimum Gasteiger partial charge on any atom is -0.491 e. The van der Waals surface area contributed by atoms with Crippen LogP contribution in [-0.2, 0) is 11.3 Å². The van der Waals surface area contributed by atoms with Gasteiger partial charge in [-0.2, -0.15) is 0 Å². The van der Waals surface area contributed by atoms with Crippen molar-refractivity contribution in [1.82, 2.24) is 10.2 Å². The van der Waals surface area contributed by atoms with Crippen LogP contribution in [0.3, 0.4) is 0 Å². The zero-order chi connectivity index (χ0) is 21.6. The fourth-order valence-electron chi connectivity index (χ4n) is 4.10. The van der Waals surface area contributed by atoms with Crippen LogP contribution in [0.25, 0.3) is 0 Å². The summed E-state index contributed by atoms with van der Waals surface area (Å²) in [5.74, 6) is 1.44. The molecule has 0 bridgehead atoms. The summed E-state index contributed by atoms with van der Waals surface area (Å²) in [4.78, 5) is 14.9. The number of rotatable bonds is 4. The van der Waals surface area contributed by atoms with Gasteiger partial charge in [0.25, 0.3) is 5.91 Å². The summed E-state index contributed by atoms with van der Waals surface area (Å²) in [7, 11) is 0. The first-order valence-corrected chi connectivity index (χ1v) is 11.2. The normalized spacial score (nSPS) is 22.5. The first-order valence-electron chi connectivity index (χ1n) is 11.2. The van der Waals surface area contributed by atoms with Gasteiger partial charge in [0.05, 0.1) is 11.7 Å². The Balaban J connectivity index is 1.46. The Labute approximate surface area is 184 Å². The van der Waals surface area contributed by atoms with E-state index in [4.69, 9.17) is 14.2 Å². The molecule has 6 heteroatoms.